The number of benzene rings is 6. The predicted octanol–water partition coefficient (Wildman–Crippen LogP) is 8.37. The van der Waals surface area contributed by atoms with Crippen molar-refractivity contribution < 1.29 is 0 Å². The molecule has 0 radical (unpaired) electrons. The van der Waals surface area contributed by atoms with Crippen molar-refractivity contribution in [3.05, 3.63) is 122 Å². The standard InChI is InChI=1S/C34H20N4/c1-3-7-29-25(5-1)27-11-9-21(23-15-35-19-36-16-23)13-31(27)34-30-8-4-2-6-26(30)28-12-10-22(14-32(28)33(29)34)24-17-37-20-38-18-24/h1-20H. The van der Waals surface area contributed by atoms with Gasteiger partial charge in [0.05, 0.1) is 0 Å². The summed E-state index contributed by atoms with van der Waals surface area (Å²) in [6.45, 7) is 0. The zero-order valence-electron chi connectivity index (χ0n) is 20.3. The summed E-state index contributed by atoms with van der Waals surface area (Å²) in [6.07, 6.45) is 10.6. The number of rotatable bonds is 2. The number of fused-ring (bicyclic) bond motifs is 11. The molecule has 4 heteroatoms. The summed E-state index contributed by atoms with van der Waals surface area (Å²) in [5.74, 6) is 0. The average Bonchev–Trinajstić information content (AvgIpc) is 3.01. The third kappa shape index (κ3) is 3.04. The highest BCUT2D eigenvalue weighted by molar-refractivity contribution is 6.39. The lowest BCUT2D eigenvalue weighted by Gasteiger charge is -2.17. The van der Waals surface area contributed by atoms with E-state index in [2.05, 4.69) is 105 Å². The van der Waals surface area contributed by atoms with E-state index in [-0.39, 0.29) is 0 Å². The van der Waals surface area contributed by atoms with Gasteiger partial charge in [-0.2, -0.15) is 0 Å². The summed E-state index contributed by atoms with van der Waals surface area (Å²) in [6, 6.07) is 31.0. The second-order valence-corrected chi connectivity index (χ2v) is 9.62. The van der Waals surface area contributed by atoms with E-state index in [1.165, 1.54) is 53.9 Å². The van der Waals surface area contributed by atoms with Crippen molar-refractivity contribution in [1.82, 2.24) is 19.9 Å². The van der Waals surface area contributed by atoms with Gasteiger partial charge >= 0.3 is 0 Å². The largest absolute Gasteiger partial charge is 0.244 e. The summed E-state index contributed by atoms with van der Waals surface area (Å²) in [4.78, 5) is 17.0. The fourth-order valence-electron chi connectivity index (χ4n) is 5.93. The van der Waals surface area contributed by atoms with Gasteiger partial charge in [-0.3, -0.25) is 0 Å². The number of hydrogen-bond acceptors (Lipinski definition) is 4. The molecule has 0 bridgehead atoms. The first-order valence-electron chi connectivity index (χ1n) is 12.6. The van der Waals surface area contributed by atoms with Crippen molar-refractivity contribution >= 4 is 53.9 Å². The molecule has 0 saturated carbocycles. The molecule has 0 N–H and O–H groups in total. The highest BCUT2D eigenvalue weighted by Gasteiger charge is 2.17. The molecule has 8 rings (SSSR count). The molecule has 0 saturated heterocycles. The molecule has 2 heterocycles. The molecule has 2 aromatic heterocycles. The van der Waals surface area contributed by atoms with E-state index >= 15 is 0 Å². The van der Waals surface area contributed by atoms with Crippen LogP contribution in [0.25, 0.3) is 76.1 Å². The monoisotopic (exact) mass is 484 g/mol. The molecule has 176 valence electrons. The van der Waals surface area contributed by atoms with Crippen molar-refractivity contribution in [2.24, 2.45) is 0 Å². The quantitative estimate of drug-likeness (QED) is 0.231. The Labute approximate surface area is 218 Å². The molecule has 0 fully saturated rings. The minimum absolute atomic E-state index is 1.01. The smallest absolute Gasteiger partial charge is 0.115 e. The first-order valence-corrected chi connectivity index (χ1v) is 12.6. The van der Waals surface area contributed by atoms with Gasteiger partial charge in [-0.1, -0.05) is 72.8 Å². The summed E-state index contributed by atoms with van der Waals surface area (Å²) < 4.78 is 0. The highest BCUT2D eigenvalue weighted by Crippen LogP contribution is 2.45. The third-order valence-electron chi connectivity index (χ3n) is 7.59. The number of aromatic nitrogens is 4. The van der Waals surface area contributed by atoms with Crippen LogP contribution >= 0.6 is 0 Å². The van der Waals surface area contributed by atoms with Crippen LogP contribution in [0.15, 0.2) is 122 Å². The zero-order valence-corrected chi connectivity index (χ0v) is 20.3. The summed E-state index contributed by atoms with van der Waals surface area (Å²) in [7, 11) is 0. The van der Waals surface area contributed by atoms with Crippen LogP contribution in [0.4, 0.5) is 0 Å². The summed E-state index contributed by atoms with van der Waals surface area (Å²) >= 11 is 0. The summed E-state index contributed by atoms with van der Waals surface area (Å²) in [5, 5.41) is 12.5. The van der Waals surface area contributed by atoms with E-state index < -0.39 is 0 Å². The molecule has 0 aliphatic rings. The Morgan fingerprint density at radius 3 is 1.11 bits per heavy atom. The van der Waals surface area contributed by atoms with Crippen molar-refractivity contribution in [2.75, 3.05) is 0 Å². The van der Waals surface area contributed by atoms with Gasteiger partial charge in [0, 0.05) is 35.9 Å². The first kappa shape index (κ1) is 20.9. The number of hydrogen-bond donors (Lipinski definition) is 0. The minimum Gasteiger partial charge on any atom is -0.244 e. The molecule has 0 aliphatic carbocycles. The van der Waals surface area contributed by atoms with Crippen LogP contribution in [0, 0.1) is 0 Å². The van der Waals surface area contributed by atoms with Crippen LogP contribution in [-0.2, 0) is 0 Å². The Hall–Kier alpha value is -5.22. The third-order valence-corrected chi connectivity index (χ3v) is 7.59. The maximum Gasteiger partial charge on any atom is 0.115 e. The van der Waals surface area contributed by atoms with Gasteiger partial charge in [0.2, 0.25) is 0 Å². The Morgan fingerprint density at radius 2 is 0.684 bits per heavy atom. The van der Waals surface area contributed by atoms with Crippen molar-refractivity contribution in [1.29, 1.82) is 0 Å². The maximum absolute atomic E-state index is 4.26. The predicted molar refractivity (Wildman–Crippen MR) is 156 cm³/mol. The zero-order chi connectivity index (χ0) is 25.1. The van der Waals surface area contributed by atoms with Gasteiger partial charge in [-0.25, -0.2) is 19.9 Å². The Morgan fingerprint density at radius 1 is 0.316 bits per heavy atom. The maximum atomic E-state index is 4.26. The molecule has 0 spiro atoms. The van der Waals surface area contributed by atoms with E-state index in [1.807, 2.05) is 24.8 Å². The molecular weight excluding hydrogens is 464 g/mol. The van der Waals surface area contributed by atoms with Crippen LogP contribution in [0.1, 0.15) is 0 Å². The van der Waals surface area contributed by atoms with Crippen LogP contribution in [0.2, 0.25) is 0 Å². The lowest BCUT2D eigenvalue weighted by atomic mass is 9.86. The van der Waals surface area contributed by atoms with E-state index in [1.54, 1.807) is 12.7 Å². The van der Waals surface area contributed by atoms with Crippen molar-refractivity contribution in [2.45, 2.75) is 0 Å². The summed E-state index contributed by atoms with van der Waals surface area (Å²) in [5.41, 5.74) is 4.22. The average molecular weight is 485 g/mol. The van der Waals surface area contributed by atoms with E-state index in [9.17, 15) is 0 Å². The van der Waals surface area contributed by atoms with Crippen molar-refractivity contribution in [3.63, 3.8) is 0 Å². The molecule has 4 nitrogen and oxygen atoms in total. The normalized spacial score (nSPS) is 11.7. The van der Waals surface area contributed by atoms with Crippen LogP contribution in [-0.4, -0.2) is 19.9 Å². The van der Waals surface area contributed by atoms with Gasteiger partial charge in [0.25, 0.3) is 0 Å². The molecule has 0 aliphatic heterocycles. The second kappa shape index (κ2) is 8.15. The topological polar surface area (TPSA) is 51.6 Å². The SMILES string of the molecule is c1ccc2c(c1)c1ccc(-c3cncnc3)cc1c1c3ccccc3c3ccc(-c4cncnc4)cc3c21. The Kier molecular flexibility index (Phi) is 4.49. The van der Waals surface area contributed by atoms with Crippen LogP contribution < -0.4 is 0 Å². The molecular formula is C34H20N4. The van der Waals surface area contributed by atoms with Gasteiger partial charge in [0.1, 0.15) is 12.7 Å². The fraction of sp³-hybridized carbons (Fsp3) is 0. The van der Waals surface area contributed by atoms with Gasteiger partial charge in [-0.15, -0.1) is 0 Å². The highest BCUT2D eigenvalue weighted by atomic mass is 14.8. The Bertz CT molecular complexity index is 2010. The molecule has 0 amide bonds. The molecule has 8 aromatic rings. The molecule has 0 atom stereocenters. The van der Waals surface area contributed by atoms with Gasteiger partial charge in [-0.05, 0) is 77.1 Å². The van der Waals surface area contributed by atoms with E-state index in [4.69, 9.17) is 0 Å². The Balaban J connectivity index is 1.63. The minimum atomic E-state index is 1.01. The second-order valence-electron chi connectivity index (χ2n) is 9.62. The van der Waals surface area contributed by atoms with Crippen LogP contribution in [0.3, 0.4) is 0 Å². The van der Waals surface area contributed by atoms with E-state index in [0.717, 1.165) is 22.3 Å². The van der Waals surface area contributed by atoms with E-state index in [0.29, 0.717) is 0 Å². The van der Waals surface area contributed by atoms with Gasteiger partial charge in [0.15, 0.2) is 0 Å². The molecule has 0 unspecified atom stereocenters. The number of nitrogens with zero attached hydrogens (tertiary/aromatic N) is 4. The fourth-order valence-corrected chi connectivity index (χ4v) is 5.93. The van der Waals surface area contributed by atoms with Gasteiger partial charge < -0.3 is 0 Å². The lowest BCUT2D eigenvalue weighted by Crippen LogP contribution is -1.90. The van der Waals surface area contributed by atoms with Crippen molar-refractivity contribution in [3.8, 4) is 22.3 Å². The van der Waals surface area contributed by atoms with Crippen LogP contribution in [0.5, 0.6) is 0 Å². The molecule has 6 aromatic carbocycles. The molecule has 38 heavy (non-hydrogen) atoms. The lowest BCUT2D eigenvalue weighted by molar-refractivity contribution is 1.17. The first-order chi connectivity index (χ1) is 18.9.